The van der Waals surface area contributed by atoms with Crippen molar-refractivity contribution in [2.75, 3.05) is 13.2 Å². The highest BCUT2D eigenvalue weighted by atomic mass is 16.5. The van der Waals surface area contributed by atoms with Gasteiger partial charge in [0.05, 0.1) is 12.2 Å². The van der Waals surface area contributed by atoms with Gasteiger partial charge in [-0.3, -0.25) is 0 Å². The van der Waals surface area contributed by atoms with Crippen LogP contribution in [0, 0.1) is 18.3 Å². The van der Waals surface area contributed by atoms with Gasteiger partial charge >= 0.3 is 0 Å². The van der Waals surface area contributed by atoms with Crippen molar-refractivity contribution < 1.29 is 4.74 Å². The molecule has 0 bridgehead atoms. The SMILES string of the molecule is Cc1ccc(OCCCN)c(C#N)c1. The van der Waals surface area contributed by atoms with Gasteiger partial charge < -0.3 is 10.5 Å². The third-order valence-electron chi connectivity index (χ3n) is 1.86. The summed E-state index contributed by atoms with van der Waals surface area (Å²) in [5.41, 5.74) is 6.99. The molecule has 1 aromatic rings. The summed E-state index contributed by atoms with van der Waals surface area (Å²) in [6.07, 6.45) is 0.804. The Morgan fingerprint density at radius 2 is 2.29 bits per heavy atom. The molecule has 0 radical (unpaired) electrons. The summed E-state index contributed by atoms with van der Waals surface area (Å²) >= 11 is 0. The first-order valence-electron chi connectivity index (χ1n) is 4.61. The summed E-state index contributed by atoms with van der Waals surface area (Å²) in [7, 11) is 0. The fraction of sp³-hybridized carbons (Fsp3) is 0.364. The van der Waals surface area contributed by atoms with Crippen molar-refractivity contribution in [2.24, 2.45) is 5.73 Å². The molecule has 0 aliphatic carbocycles. The van der Waals surface area contributed by atoms with Gasteiger partial charge in [0.15, 0.2) is 0 Å². The fourth-order valence-electron chi connectivity index (χ4n) is 1.12. The topological polar surface area (TPSA) is 59.0 Å². The minimum Gasteiger partial charge on any atom is -0.492 e. The zero-order chi connectivity index (χ0) is 10.4. The quantitative estimate of drug-likeness (QED) is 0.733. The monoisotopic (exact) mass is 190 g/mol. The minimum atomic E-state index is 0.564. The molecule has 1 rings (SSSR count). The third kappa shape index (κ3) is 2.75. The van der Waals surface area contributed by atoms with Gasteiger partial charge in [0, 0.05) is 0 Å². The van der Waals surface area contributed by atoms with Gasteiger partial charge in [0.25, 0.3) is 0 Å². The number of aryl methyl sites for hydroxylation is 1. The van der Waals surface area contributed by atoms with Crippen molar-refractivity contribution in [1.82, 2.24) is 0 Å². The molecule has 0 amide bonds. The van der Waals surface area contributed by atoms with E-state index in [1.807, 2.05) is 25.1 Å². The van der Waals surface area contributed by atoms with E-state index < -0.39 is 0 Å². The molecule has 74 valence electrons. The van der Waals surface area contributed by atoms with E-state index in [9.17, 15) is 0 Å². The average molecular weight is 190 g/mol. The van der Waals surface area contributed by atoms with Crippen LogP contribution in [0.1, 0.15) is 17.5 Å². The molecule has 0 atom stereocenters. The molecule has 0 saturated carbocycles. The molecule has 3 nitrogen and oxygen atoms in total. The summed E-state index contributed by atoms with van der Waals surface area (Å²) < 4.78 is 5.42. The van der Waals surface area contributed by atoms with Gasteiger partial charge in [0.2, 0.25) is 0 Å². The molecule has 0 aliphatic heterocycles. The number of hydrogen-bond acceptors (Lipinski definition) is 3. The zero-order valence-electron chi connectivity index (χ0n) is 8.29. The van der Waals surface area contributed by atoms with Crippen LogP contribution < -0.4 is 10.5 Å². The molecule has 14 heavy (non-hydrogen) atoms. The Bertz CT molecular complexity index is 342. The van der Waals surface area contributed by atoms with Crippen LogP contribution in [0.4, 0.5) is 0 Å². The predicted octanol–water partition coefficient (Wildman–Crippen LogP) is 1.59. The maximum absolute atomic E-state index is 8.84. The molecule has 0 heterocycles. The summed E-state index contributed by atoms with van der Waals surface area (Å²) in [6, 6.07) is 7.68. The second-order valence-corrected chi connectivity index (χ2v) is 3.10. The first kappa shape index (κ1) is 10.6. The molecule has 0 aromatic heterocycles. The van der Waals surface area contributed by atoms with Gasteiger partial charge in [-0.2, -0.15) is 5.26 Å². The van der Waals surface area contributed by atoms with Crippen LogP contribution in [0.3, 0.4) is 0 Å². The Kier molecular flexibility index (Phi) is 3.96. The van der Waals surface area contributed by atoms with Gasteiger partial charge in [-0.15, -0.1) is 0 Å². The highest BCUT2D eigenvalue weighted by Crippen LogP contribution is 2.18. The van der Waals surface area contributed by atoms with Crippen molar-refractivity contribution in [2.45, 2.75) is 13.3 Å². The number of nitrogens with zero attached hydrogens (tertiary/aromatic N) is 1. The highest BCUT2D eigenvalue weighted by Gasteiger charge is 2.02. The van der Waals surface area contributed by atoms with Crippen LogP contribution in [0.15, 0.2) is 18.2 Å². The summed E-state index contributed by atoms with van der Waals surface area (Å²) in [4.78, 5) is 0. The number of benzene rings is 1. The lowest BCUT2D eigenvalue weighted by molar-refractivity contribution is 0.312. The van der Waals surface area contributed by atoms with Crippen LogP contribution in [0.2, 0.25) is 0 Å². The maximum atomic E-state index is 8.84. The molecule has 0 fully saturated rings. The van der Waals surface area contributed by atoms with E-state index in [1.165, 1.54) is 0 Å². The standard InChI is InChI=1S/C11H14N2O/c1-9-3-4-11(10(7-9)8-13)14-6-2-5-12/h3-4,7H,2,5-6,12H2,1H3. The molecule has 0 spiro atoms. The van der Waals surface area contributed by atoms with E-state index in [0.717, 1.165) is 12.0 Å². The number of nitrogens with two attached hydrogens (primary N) is 1. The van der Waals surface area contributed by atoms with E-state index in [2.05, 4.69) is 6.07 Å². The van der Waals surface area contributed by atoms with Gasteiger partial charge in [-0.05, 0) is 37.6 Å². The van der Waals surface area contributed by atoms with Gasteiger partial charge in [0.1, 0.15) is 11.8 Å². The fourth-order valence-corrected chi connectivity index (χ4v) is 1.12. The second kappa shape index (κ2) is 5.25. The molecule has 1 aromatic carbocycles. The molecule has 2 N–H and O–H groups in total. The van der Waals surface area contributed by atoms with E-state index in [0.29, 0.717) is 24.5 Å². The molecule has 0 saturated heterocycles. The van der Waals surface area contributed by atoms with Crippen LogP contribution in [-0.4, -0.2) is 13.2 Å². The highest BCUT2D eigenvalue weighted by molar-refractivity contribution is 5.45. The lowest BCUT2D eigenvalue weighted by Crippen LogP contribution is -2.06. The van der Waals surface area contributed by atoms with Crippen LogP contribution in [-0.2, 0) is 0 Å². The largest absolute Gasteiger partial charge is 0.492 e. The van der Waals surface area contributed by atoms with Crippen molar-refractivity contribution >= 4 is 0 Å². The van der Waals surface area contributed by atoms with Crippen molar-refractivity contribution in [3.05, 3.63) is 29.3 Å². The van der Waals surface area contributed by atoms with Crippen LogP contribution in [0.5, 0.6) is 5.75 Å². The summed E-state index contributed by atoms with van der Waals surface area (Å²) in [5, 5.41) is 8.84. The van der Waals surface area contributed by atoms with Gasteiger partial charge in [-0.1, -0.05) is 6.07 Å². The Labute approximate surface area is 84.1 Å². The zero-order valence-corrected chi connectivity index (χ0v) is 8.29. The Hall–Kier alpha value is -1.53. The summed E-state index contributed by atoms with van der Waals surface area (Å²) in [5.74, 6) is 0.645. The maximum Gasteiger partial charge on any atom is 0.137 e. The first-order valence-corrected chi connectivity index (χ1v) is 4.61. The normalized spacial score (nSPS) is 9.50. The van der Waals surface area contributed by atoms with E-state index in [-0.39, 0.29) is 0 Å². The predicted molar refractivity (Wildman–Crippen MR) is 55.1 cm³/mol. The van der Waals surface area contributed by atoms with Gasteiger partial charge in [-0.25, -0.2) is 0 Å². The van der Waals surface area contributed by atoms with E-state index in [4.69, 9.17) is 15.7 Å². The Balaban J connectivity index is 2.72. The number of nitriles is 1. The lowest BCUT2D eigenvalue weighted by Gasteiger charge is -2.07. The van der Waals surface area contributed by atoms with Crippen LogP contribution >= 0.6 is 0 Å². The Morgan fingerprint density at radius 1 is 1.50 bits per heavy atom. The molecular weight excluding hydrogens is 176 g/mol. The smallest absolute Gasteiger partial charge is 0.137 e. The molecule has 0 unspecified atom stereocenters. The van der Waals surface area contributed by atoms with E-state index >= 15 is 0 Å². The van der Waals surface area contributed by atoms with Crippen molar-refractivity contribution in [3.63, 3.8) is 0 Å². The van der Waals surface area contributed by atoms with Crippen molar-refractivity contribution in [3.8, 4) is 11.8 Å². The lowest BCUT2D eigenvalue weighted by atomic mass is 10.1. The molecule has 3 heteroatoms. The van der Waals surface area contributed by atoms with Crippen LogP contribution in [0.25, 0.3) is 0 Å². The summed E-state index contributed by atoms with van der Waals surface area (Å²) in [6.45, 7) is 3.12. The molecular formula is C11H14N2O. The second-order valence-electron chi connectivity index (χ2n) is 3.10. The van der Waals surface area contributed by atoms with E-state index in [1.54, 1.807) is 0 Å². The molecule has 0 aliphatic rings. The minimum absolute atomic E-state index is 0.564. The number of ether oxygens (including phenoxy) is 1. The average Bonchev–Trinajstić information content (AvgIpc) is 2.20. The first-order chi connectivity index (χ1) is 6.77. The Morgan fingerprint density at radius 3 is 2.93 bits per heavy atom. The number of hydrogen-bond donors (Lipinski definition) is 1. The third-order valence-corrected chi connectivity index (χ3v) is 1.86. The number of rotatable bonds is 4. The van der Waals surface area contributed by atoms with Crippen molar-refractivity contribution in [1.29, 1.82) is 5.26 Å².